The molecule has 0 saturated carbocycles. The average molecular weight is 686 g/mol. The van der Waals surface area contributed by atoms with Crippen LogP contribution in [0.3, 0.4) is 0 Å². The Hall–Kier alpha value is -3.20. The maximum Gasteiger partial charge on any atom is 0.263 e. The van der Waals surface area contributed by atoms with Gasteiger partial charge in [0.1, 0.15) is 10.4 Å². The van der Waals surface area contributed by atoms with E-state index in [9.17, 15) is 25.9 Å². The molecule has 1 aliphatic rings. The zero-order valence-corrected chi connectivity index (χ0v) is 28.1. The van der Waals surface area contributed by atoms with Crippen LogP contribution in [0.25, 0.3) is 27.4 Å². The molecule has 9 nitrogen and oxygen atoms in total. The number of ether oxygens (including phenoxy) is 1. The maximum absolute atomic E-state index is 11.4. The van der Waals surface area contributed by atoms with Crippen molar-refractivity contribution < 1.29 is 35.2 Å². The van der Waals surface area contributed by atoms with Crippen LogP contribution in [0.1, 0.15) is 31.2 Å². The molecule has 2 heterocycles. The van der Waals surface area contributed by atoms with Crippen molar-refractivity contribution in [2.45, 2.75) is 37.6 Å². The molecule has 1 aliphatic heterocycles. The first-order chi connectivity index (χ1) is 21.4. The van der Waals surface area contributed by atoms with Crippen LogP contribution in [0.15, 0.2) is 88.3 Å². The van der Waals surface area contributed by atoms with Gasteiger partial charge in [-0.15, -0.1) is 0 Å². The number of methoxy groups -OCH3 is 1. The van der Waals surface area contributed by atoms with Crippen molar-refractivity contribution in [1.29, 1.82) is 0 Å². The predicted octanol–water partition coefficient (Wildman–Crippen LogP) is 5.98. The summed E-state index contributed by atoms with van der Waals surface area (Å²) >= 11 is 3.15. The molecule has 0 fully saturated rings. The fraction of sp³-hybridized carbons (Fsp3) is 0.281. The van der Waals surface area contributed by atoms with Crippen molar-refractivity contribution in [3.63, 3.8) is 0 Å². The van der Waals surface area contributed by atoms with Crippen LogP contribution >= 0.6 is 23.1 Å². The highest BCUT2D eigenvalue weighted by Crippen LogP contribution is 2.48. The summed E-state index contributed by atoms with van der Waals surface area (Å²) in [4.78, 5) is 3.11. The molecule has 0 aliphatic carbocycles. The minimum atomic E-state index is -4.35. The van der Waals surface area contributed by atoms with E-state index in [0.717, 1.165) is 47.5 Å². The number of thiazole rings is 1. The summed E-state index contributed by atoms with van der Waals surface area (Å²) in [6.45, 7) is 2.74. The van der Waals surface area contributed by atoms with Crippen LogP contribution in [0.2, 0.25) is 0 Å². The van der Waals surface area contributed by atoms with Crippen molar-refractivity contribution in [2.24, 2.45) is 0 Å². The van der Waals surface area contributed by atoms with Gasteiger partial charge in [0.2, 0.25) is 5.52 Å². The Labute approximate surface area is 272 Å². The molecular formula is C32H33N2O7S4-. The summed E-state index contributed by atoms with van der Waals surface area (Å²) in [7, 11) is -7.11. The third-order valence-electron chi connectivity index (χ3n) is 7.35. The second-order valence-corrected chi connectivity index (χ2v) is 15.7. The number of hydrogen-bond acceptors (Lipinski definition) is 10. The number of anilines is 1. The predicted molar refractivity (Wildman–Crippen MR) is 178 cm³/mol. The van der Waals surface area contributed by atoms with E-state index in [-0.39, 0.29) is 12.8 Å². The van der Waals surface area contributed by atoms with Gasteiger partial charge < -0.3 is 18.7 Å². The van der Waals surface area contributed by atoms with Crippen LogP contribution < -0.4 is 14.2 Å². The van der Waals surface area contributed by atoms with E-state index in [1.807, 2.05) is 60.0 Å². The van der Waals surface area contributed by atoms with Gasteiger partial charge in [0.05, 0.1) is 44.1 Å². The summed E-state index contributed by atoms with van der Waals surface area (Å²) in [5.74, 6) is -0.233. The number of rotatable bonds is 13. The second-order valence-electron chi connectivity index (χ2n) is 10.5. The molecule has 13 heteroatoms. The number of thioether (sulfide) groups is 1. The monoisotopic (exact) mass is 685 g/mol. The molecule has 4 aromatic rings. The zero-order chi connectivity index (χ0) is 32.2. The molecule has 45 heavy (non-hydrogen) atoms. The Morgan fingerprint density at radius 1 is 0.933 bits per heavy atom. The third-order valence-corrected chi connectivity index (χ3v) is 11.2. The largest absolute Gasteiger partial charge is 0.748 e. The average Bonchev–Trinajstić information content (AvgIpc) is 3.52. The van der Waals surface area contributed by atoms with Crippen LogP contribution in [-0.4, -0.2) is 51.1 Å². The first-order valence-corrected chi connectivity index (χ1v) is 19.2. The number of nitrogens with zero attached hydrogens (tertiary/aromatic N) is 2. The maximum atomic E-state index is 11.4. The summed E-state index contributed by atoms with van der Waals surface area (Å²) in [6, 6.07) is 22.0. The first-order valence-electron chi connectivity index (χ1n) is 14.4. The third kappa shape index (κ3) is 8.54. The Bertz CT molecular complexity index is 1970. The first kappa shape index (κ1) is 33.2. The molecular weight excluding hydrogens is 653 g/mol. The minimum Gasteiger partial charge on any atom is -0.748 e. The fourth-order valence-electron chi connectivity index (χ4n) is 5.16. The Morgan fingerprint density at radius 2 is 1.67 bits per heavy atom. The van der Waals surface area contributed by atoms with Gasteiger partial charge >= 0.3 is 0 Å². The van der Waals surface area contributed by atoms with Gasteiger partial charge in [0, 0.05) is 35.4 Å². The quantitative estimate of drug-likeness (QED) is 0.123. The number of allylic oxidation sites excluding steroid dienone is 2. The van der Waals surface area contributed by atoms with Gasteiger partial charge in [0.15, 0.2) is 6.54 Å². The smallest absolute Gasteiger partial charge is 0.263 e. The van der Waals surface area contributed by atoms with Crippen LogP contribution in [0.5, 0.6) is 5.75 Å². The molecule has 0 N–H and O–H groups in total. The van der Waals surface area contributed by atoms with E-state index in [4.69, 9.17) is 4.74 Å². The van der Waals surface area contributed by atoms with Gasteiger partial charge in [-0.05, 0) is 59.9 Å². The standard InChI is InChI=1S/C32H34N2O7S4/c1-3-23(20-32-34(16-8-18-45(38,39)40)28-22-26(41-2)12-14-30(28)43-32)19-31-33(15-7-17-44(35,36)37)27-21-25(11-13-29(27)42-31)24-9-5-4-6-10-24/h4-6,9-14,19-22H,3,7-8,15-18H2,1-2H3,(H-,35,36,37,38,39,40)/p-1. The highest BCUT2D eigenvalue weighted by atomic mass is 32.2. The summed E-state index contributed by atoms with van der Waals surface area (Å²) < 4.78 is 76.6. The molecule has 0 spiro atoms. The lowest BCUT2D eigenvalue weighted by molar-refractivity contribution is -0.668. The highest BCUT2D eigenvalue weighted by molar-refractivity contribution is 8.03. The normalized spacial score (nSPS) is 14.8. The lowest BCUT2D eigenvalue weighted by Gasteiger charge is -2.22. The van der Waals surface area contributed by atoms with E-state index in [1.54, 1.807) is 30.2 Å². The SMILES string of the molecule is CCC(/C=C1\Sc2ccc(-c3ccccc3)cc2N1CCCS(=O)(=O)[O-])=C\c1sc2ccc(OC)cc2[n+]1CCCS(=O)(=O)[O-]. The van der Waals surface area contributed by atoms with Gasteiger partial charge in [-0.25, -0.2) is 16.8 Å². The Balaban J connectivity index is 1.53. The molecule has 0 bridgehead atoms. The molecule has 0 radical (unpaired) electrons. The fourth-order valence-corrected chi connectivity index (χ4v) is 8.41. The van der Waals surface area contributed by atoms with Crippen molar-refractivity contribution in [1.82, 2.24) is 0 Å². The number of fused-ring (bicyclic) bond motifs is 2. The topological polar surface area (TPSA) is 131 Å². The van der Waals surface area contributed by atoms with Crippen molar-refractivity contribution >= 4 is 65.3 Å². The van der Waals surface area contributed by atoms with Gasteiger partial charge in [-0.3, -0.25) is 0 Å². The van der Waals surface area contributed by atoms with E-state index < -0.39 is 31.7 Å². The van der Waals surface area contributed by atoms with Crippen LogP contribution in [-0.2, 0) is 26.8 Å². The van der Waals surface area contributed by atoms with Gasteiger partial charge in [-0.2, -0.15) is 4.57 Å². The summed E-state index contributed by atoms with van der Waals surface area (Å²) in [6.07, 6.45) is 5.19. The molecule has 1 aromatic heterocycles. The Morgan fingerprint density at radius 3 is 2.36 bits per heavy atom. The molecule has 5 rings (SSSR count). The van der Waals surface area contributed by atoms with Crippen LogP contribution in [0.4, 0.5) is 5.69 Å². The molecule has 238 valence electrons. The summed E-state index contributed by atoms with van der Waals surface area (Å²) in [5, 5.41) is 1.81. The lowest BCUT2D eigenvalue weighted by atomic mass is 10.0. The van der Waals surface area contributed by atoms with Crippen molar-refractivity contribution in [3.05, 3.63) is 88.4 Å². The molecule has 0 unspecified atom stereocenters. The zero-order valence-electron chi connectivity index (χ0n) is 24.8. The van der Waals surface area contributed by atoms with E-state index in [2.05, 4.69) is 35.3 Å². The molecule has 0 amide bonds. The number of benzene rings is 3. The second kappa shape index (κ2) is 14.1. The van der Waals surface area contributed by atoms with E-state index in [0.29, 0.717) is 25.3 Å². The number of hydrogen-bond donors (Lipinski definition) is 0. The highest BCUT2D eigenvalue weighted by Gasteiger charge is 2.26. The van der Waals surface area contributed by atoms with Gasteiger partial charge in [-0.1, -0.05) is 66.4 Å². The summed E-state index contributed by atoms with van der Waals surface area (Å²) in [5.41, 5.74) is 4.93. The minimum absolute atomic E-state index is 0.175. The molecule has 0 saturated heterocycles. The van der Waals surface area contributed by atoms with E-state index in [1.165, 1.54) is 0 Å². The lowest BCUT2D eigenvalue weighted by Crippen LogP contribution is -2.36. The van der Waals surface area contributed by atoms with E-state index >= 15 is 0 Å². The molecule has 3 aromatic carbocycles. The van der Waals surface area contributed by atoms with Crippen molar-refractivity contribution in [3.8, 4) is 16.9 Å². The van der Waals surface area contributed by atoms with Crippen LogP contribution in [0, 0.1) is 0 Å². The Kier molecular flexibility index (Phi) is 10.4. The van der Waals surface area contributed by atoms with Crippen molar-refractivity contribution in [2.75, 3.05) is 30.1 Å². The number of aryl methyl sites for hydroxylation is 1. The van der Waals surface area contributed by atoms with Gasteiger partial charge in [0.25, 0.3) is 5.01 Å². The molecule has 0 atom stereocenters. The number of aromatic nitrogens is 1.